The number of benzene rings is 1. The molecule has 0 amide bonds. The van der Waals surface area contributed by atoms with Gasteiger partial charge < -0.3 is 4.74 Å². The van der Waals surface area contributed by atoms with Crippen molar-refractivity contribution in [2.24, 2.45) is 0 Å². The van der Waals surface area contributed by atoms with Crippen LogP contribution in [0.5, 0.6) is 5.75 Å². The topological polar surface area (TPSA) is 26.3 Å². The smallest absolute Gasteiger partial charge is 0.406 e. The summed E-state index contributed by atoms with van der Waals surface area (Å²) in [6.07, 6.45) is -4.77. The molecule has 1 heterocycles. The number of alkyl halides is 3. The van der Waals surface area contributed by atoms with Crippen LogP contribution < -0.4 is 4.74 Å². The van der Waals surface area contributed by atoms with Crippen LogP contribution in [0.1, 0.15) is 15.9 Å². The number of ether oxygens (including phenoxy) is 1. The second-order valence-corrected chi connectivity index (χ2v) is 5.92. The molecule has 106 valence electrons. The van der Waals surface area contributed by atoms with E-state index in [1.807, 2.05) is 0 Å². The molecule has 0 N–H and O–H groups in total. The maximum absolute atomic E-state index is 12.1. The lowest BCUT2D eigenvalue weighted by molar-refractivity contribution is -0.274. The lowest BCUT2D eigenvalue weighted by Crippen LogP contribution is -2.17. The molecular formula is C12H5Cl2F3O2S. The van der Waals surface area contributed by atoms with Crippen molar-refractivity contribution in [2.75, 3.05) is 0 Å². The standard InChI is InChI=1S/C12H5Cl2F3O2S/c13-9-5-8(11(14)20-9)10(18)6-1-3-7(4-2-6)19-12(15,16)17/h1-5H. The summed E-state index contributed by atoms with van der Waals surface area (Å²) in [5, 5.41) is 0. The second kappa shape index (κ2) is 5.63. The van der Waals surface area contributed by atoms with Gasteiger partial charge in [0.1, 0.15) is 10.1 Å². The van der Waals surface area contributed by atoms with Crippen molar-refractivity contribution in [3.8, 4) is 5.75 Å². The summed E-state index contributed by atoms with van der Waals surface area (Å²) in [5.74, 6) is -0.819. The number of ketones is 1. The van der Waals surface area contributed by atoms with Gasteiger partial charge in [0.05, 0.1) is 9.90 Å². The highest BCUT2D eigenvalue weighted by Gasteiger charge is 2.31. The monoisotopic (exact) mass is 340 g/mol. The van der Waals surface area contributed by atoms with Gasteiger partial charge in [0.25, 0.3) is 0 Å². The van der Waals surface area contributed by atoms with Crippen LogP contribution in [-0.2, 0) is 0 Å². The van der Waals surface area contributed by atoms with Gasteiger partial charge in [-0.15, -0.1) is 24.5 Å². The van der Waals surface area contributed by atoms with Crippen LogP contribution in [0.15, 0.2) is 30.3 Å². The quantitative estimate of drug-likeness (QED) is 0.719. The fourth-order valence-corrected chi connectivity index (χ4v) is 2.92. The molecule has 0 aliphatic rings. The molecule has 20 heavy (non-hydrogen) atoms. The first-order valence-corrected chi connectivity index (χ1v) is 6.69. The minimum absolute atomic E-state index is 0.191. The summed E-state index contributed by atoms with van der Waals surface area (Å²) >= 11 is 12.6. The molecule has 0 fully saturated rings. The number of rotatable bonds is 3. The van der Waals surface area contributed by atoms with Crippen molar-refractivity contribution in [3.05, 3.63) is 50.1 Å². The average Bonchev–Trinajstić information content (AvgIpc) is 2.66. The van der Waals surface area contributed by atoms with E-state index in [0.717, 1.165) is 23.5 Å². The van der Waals surface area contributed by atoms with E-state index >= 15 is 0 Å². The van der Waals surface area contributed by atoms with Gasteiger partial charge in [0, 0.05) is 5.56 Å². The van der Waals surface area contributed by atoms with Crippen molar-refractivity contribution in [1.29, 1.82) is 0 Å². The Bertz CT molecular complexity index is 635. The minimum Gasteiger partial charge on any atom is -0.406 e. The lowest BCUT2D eigenvalue weighted by atomic mass is 10.1. The number of thiophene rings is 1. The van der Waals surface area contributed by atoms with E-state index < -0.39 is 17.9 Å². The fraction of sp³-hybridized carbons (Fsp3) is 0.0833. The zero-order valence-electron chi connectivity index (χ0n) is 9.50. The molecule has 0 aliphatic carbocycles. The largest absolute Gasteiger partial charge is 0.573 e. The normalized spacial score (nSPS) is 11.4. The van der Waals surface area contributed by atoms with Crippen LogP contribution in [-0.4, -0.2) is 12.1 Å². The Kier molecular flexibility index (Phi) is 4.27. The van der Waals surface area contributed by atoms with Crippen LogP contribution in [0.4, 0.5) is 13.2 Å². The Morgan fingerprint density at radius 2 is 1.75 bits per heavy atom. The lowest BCUT2D eigenvalue weighted by Gasteiger charge is -2.08. The molecular weight excluding hydrogens is 336 g/mol. The van der Waals surface area contributed by atoms with Crippen molar-refractivity contribution < 1.29 is 22.7 Å². The molecule has 0 aliphatic heterocycles. The number of hydrogen-bond acceptors (Lipinski definition) is 3. The molecule has 0 spiro atoms. The van der Waals surface area contributed by atoms with Gasteiger partial charge in [-0.1, -0.05) is 23.2 Å². The fourth-order valence-electron chi connectivity index (χ4n) is 1.46. The summed E-state index contributed by atoms with van der Waals surface area (Å²) in [5.41, 5.74) is 0.405. The third-order valence-electron chi connectivity index (χ3n) is 2.25. The van der Waals surface area contributed by atoms with Crippen molar-refractivity contribution >= 4 is 40.3 Å². The van der Waals surface area contributed by atoms with Crippen LogP contribution in [0.25, 0.3) is 0 Å². The highest BCUT2D eigenvalue weighted by Crippen LogP contribution is 2.33. The van der Waals surface area contributed by atoms with Crippen LogP contribution in [0.2, 0.25) is 8.67 Å². The summed E-state index contributed by atoms with van der Waals surface area (Å²) in [6, 6.07) is 5.98. The molecule has 1 aromatic heterocycles. The third-order valence-corrected chi connectivity index (χ3v) is 3.74. The molecule has 0 unspecified atom stereocenters. The van der Waals surface area contributed by atoms with Crippen molar-refractivity contribution in [1.82, 2.24) is 0 Å². The van der Waals surface area contributed by atoms with E-state index in [1.54, 1.807) is 0 Å². The molecule has 0 atom stereocenters. The molecule has 1 aromatic carbocycles. The van der Waals surface area contributed by atoms with E-state index in [4.69, 9.17) is 23.2 Å². The van der Waals surface area contributed by atoms with Gasteiger partial charge in [0.15, 0.2) is 5.78 Å². The molecule has 0 radical (unpaired) electrons. The van der Waals surface area contributed by atoms with Gasteiger partial charge in [-0.05, 0) is 30.3 Å². The third kappa shape index (κ3) is 3.65. The van der Waals surface area contributed by atoms with Crippen molar-refractivity contribution in [2.45, 2.75) is 6.36 Å². The Morgan fingerprint density at radius 1 is 1.15 bits per heavy atom. The predicted molar refractivity (Wildman–Crippen MR) is 70.9 cm³/mol. The van der Waals surface area contributed by atoms with Crippen LogP contribution in [0, 0.1) is 0 Å². The number of carbonyl (C=O) groups is 1. The van der Waals surface area contributed by atoms with Gasteiger partial charge in [-0.2, -0.15) is 0 Å². The number of halogens is 5. The van der Waals surface area contributed by atoms with Gasteiger partial charge in [0.2, 0.25) is 0 Å². The van der Waals surface area contributed by atoms with E-state index in [-0.39, 0.29) is 15.5 Å². The molecule has 2 nitrogen and oxygen atoms in total. The Hall–Kier alpha value is -1.24. The molecule has 2 rings (SSSR count). The molecule has 2 aromatic rings. The first kappa shape index (κ1) is 15.2. The average molecular weight is 341 g/mol. The molecule has 0 bridgehead atoms. The minimum atomic E-state index is -4.77. The van der Waals surface area contributed by atoms with Gasteiger partial charge >= 0.3 is 6.36 Å². The number of hydrogen-bond donors (Lipinski definition) is 0. The van der Waals surface area contributed by atoms with Crippen LogP contribution >= 0.6 is 34.5 Å². The predicted octanol–water partition coefficient (Wildman–Crippen LogP) is 5.18. The van der Waals surface area contributed by atoms with Gasteiger partial charge in [-0.25, -0.2) is 0 Å². The van der Waals surface area contributed by atoms with Gasteiger partial charge in [-0.3, -0.25) is 4.79 Å². The molecule has 8 heteroatoms. The zero-order chi connectivity index (χ0) is 14.9. The Balaban J connectivity index is 2.22. The summed E-state index contributed by atoms with van der Waals surface area (Å²) < 4.78 is 40.3. The maximum atomic E-state index is 12.1. The molecule has 0 saturated carbocycles. The second-order valence-electron chi connectivity index (χ2n) is 3.64. The van der Waals surface area contributed by atoms with Crippen molar-refractivity contribution in [3.63, 3.8) is 0 Å². The highest BCUT2D eigenvalue weighted by molar-refractivity contribution is 7.20. The first-order valence-electron chi connectivity index (χ1n) is 5.11. The van der Waals surface area contributed by atoms with E-state index in [9.17, 15) is 18.0 Å². The van der Waals surface area contributed by atoms with E-state index in [0.29, 0.717) is 4.34 Å². The van der Waals surface area contributed by atoms with Crippen LogP contribution in [0.3, 0.4) is 0 Å². The maximum Gasteiger partial charge on any atom is 0.573 e. The summed E-state index contributed by atoms with van der Waals surface area (Å²) in [7, 11) is 0. The summed E-state index contributed by atoms with van der Waals surface area (Å²) in [4.78, 5) is 12.1. The Labute approximate surface area is 125 Å². The number of carbonyl (C=O) groups excluding carboxylic acids is 1. The summed E-state index contributed by atoms with van der Waals surface area (Å²) in [6.45, 7) is 0. The van der Waals surface area contributed by atoms with E-state index in [2.05, 4.69) is 4.74 Å². The first-order chi connectivity index (χ1) is 9.26. The zero-order valence-corrected chi connectivity index (χ0v) is 11.8. The SMILES string of the molecule is O=C(c1ccc(OC(F)(F)F)cc1)c1cc(Cl)sc1Cl. The highest BCUT2D eigenvalue weighted by atomic mass is 35.5. The molecule has 0 saturated heterocycles. The van der Waals surface area contributed by atoms with E-state index in [1.165, 1.54) is 18.2 Å². The Morgan fingerprint density at radius 3 is 2.20 bits per heavy atom.